The van der Waals surface area contributed by atoms with Crippen molar-refractivity contribution in [3.63, 3.8) is 0 Å². The van der Waals surface area contributed by atoms with Crippen LogP contribution in [0.3, 0.4) is 0 Å². The first-order valence-electron chi connectivity index (χ1n) is 5.56. The van der Waals surface area contributed by atoms with E-state index in [1.54, 1.807) is 0 Å². The molecule has 0 bridgehead atoms. The standard InChI is InChI=1S/C10H23N3O2S2/c1-9(2)7-13(6-5-12(3)4)17(14,15)8-10(11)16/h9H,5-8H2,1-4H3,(H2,11,16). The van der Waals surface area contributed by atoms with Crippen LogP contribution in [0.25, 0.3) is 0 Å². The maximum Gasteiger partial charge on any atom is 0.220 e. The van der Waals surface area contributed by atoms with Gasteiger partial charge in [-0.15, -0.1) is 0 Å². The third kappa shape index (κ3) is 7.64. The topological polar surface area (TPSA) is 66.6 Å². The molecule has 102 valence electrons. The summed E-state index contributed by atoms with van der Waals surface area (Å²) in [4.78, 5) is 1.97. The molecule has 0 amide bonds. The molecule has 0 heterocycles. The summed E-state index contributed by atoms with van der Waals surface area (Å²) in [6, 6.07) is 0. The van der Waals surface area contributed by atoms with Gasteiger partial charge in [-0.2, -0.15) is 0 Å². The van der Waals surface area contributed by atoms with Crippen LogP contribution in [-0.2, 0) is 10.0 Å². The van der Waals surface area contributed by atoms with Crippen LogP contribution < -0.4 is 5.73 Å². The lowest BCUT2D eigenvalue weighted by Crippen LogP contribution is -2.42. The van der Waals surface area contributed by atoms with Crippen LogP contribution in [0.1, 0.15) is 13.8 Å². The van der Waals surface area contributed by atoms with Crippen molar-refractivity contribution in [1.29, 1.82) is 0 Å². The number of hydrogen-bond acceptors (Lipinski definition) is 4. The van der Waals surface area contributed by atoms with Crippen LogP contribution >= 0.6 is 12.2 Å². The van der Waals surface area contributed by atoms with E-state index in [0.717, 1.165) is 0 Å². The molecule has 0 spiro atoms. The lowest BCUT2D eigenvalue weighted by molar-refractivity contribution is 0.313. The molecule has 7 heteroatoms. The highest BCUT2D eigenvalue weighted by atomic mass is 32.2. The first-order chi connectivity index (χ1) is 7.65. The Balaban J connectivity index is 4.71. The predicted octanol–water partition coefficient (Wildman–Crippen LogP) is 0.122. The van der Waals surface area contributed by atoms with E-state index in [9.17, 15) is 8.42 Å². The summed E-state index contributed by atoms with van der Waals surface area (Å²) >= 11 is 4.67. The maximum atomic E-state index is 12.0. The summed E-state index contributed by atoms with van der Waals surface area (Å²) in [5.41, 5.74) is 5.32. The summed E-state index contributed by atoms with van der Waals surface area (Å²) in [5, 5.41) is 0. The Hall–Kier alpha value is -0.240. The van der Waals surface area contributed by atoms with Crippen LogP contribution in [0.4, 0.5) is 0 Å². The van der Waals surface area contributed by atoms with Gasteiger partial charge in [-0.25, -0.2) is 12.7 Å². The summed E-state index contributed by atoms with van der Waals surface area (Å²) in [7, 11) is 0.449. The van der Waals surface area contributed by atoms with Gasteiger partial charge in [0.05, 0.1) is 4.99 Å². The van der Waals surface area contributed by atoms with E-state index in [1.807, 2.05) is 32.8 Å². The van der Waals surface area contributed by atoms with E-state index in [-0.39, 0.29) is 16.7 Å². The molecule has 0 aromatic carbocycles. The van der Waals surface area contributed by atoms with Crippen LogP contribution in [-0.4, -0.2) is 62.1 Å². The van der Waals surface area contributed by atoms with Crippen molar-refractivity contribution in [2.24, 2.45) is 11.7 Å². The zero-order valence-corrected chi connectivity index (χ0v) is 12.6. The van der Waals surface area contributed by atoms with Gasteiger partial charge in [0, 0.05) is 19.6 Å². The Morgan fingerprint density at radius 2 is 1.82 bits per heavy atom. The second-order valence-corrected chi connectivity index (χ2v) is 7.27. The molecule has 0 atom stereocenters. The van der Waals surface area contributed by atoms with Gasteiger partial charge >= 0.3 is 0 Å². The average Bonchev–Trinajstić information content (AvgIpc) is 2.08. The summed E-state index contributed by atoms with van der Waals surface area (Å²) in [6.07, 6.45) is 0. The fourth-order valence-corrected chi connectivity index (χ4v) is 3.21. The van der Waals surface area contributed by atoms with Crippen LogP contribution in [0.5, 0.6) is 0 Å². The smallest absolute Gasteiger partial charge is 0.220 e. The predicted molar refractivity (Wildman–Crippen MR) is 75.5 cm³/mol. The van der Waals surface area contributed by atoms with Crippen molar-refractivity contribution in [3.05, 3.63) is 0 Å². The normalized spacial score (nSPS) is 12.6. The monoisotopic (exact) mass is 281 g/mol. The highest BCUT2D eigenvalue weighted by Gasteiger charge is 2.23. The van der Waals surface area contributed by atoms with Crippen molar-refractivity contribution in [3.8, 4) is 0 Å². The minimum atomic E-state index is -3.37. The first-order valence-corrected chi connectivity index (χ1v) is 7.57. The summed E-state index contributed by atoms with van der Waals surface area (Å²) < 4.78 is 25.5. The van der Waals surface area contributed by atoms with Gasteiger partial charge in [0.1, 0.15) is 5.75 Å². The Bertz CT molecular complexity index is 339. The third-order valence-corrected chi connectivity index (χ3v) is 4.20. The third-order valence-electron chi connectivity index (χ3n) is 2.08. The summed E-state index contributed by atoms with van der Waals surface area (Å²) in [5.74, 6) is 0.0287. The zero-order valence-electron chi connectivity index (χ0n) is 11.0. The van der Waals surface area contributed by atoms with E-state index < -0.39 is 10.0 Å². The van der Waals surface area contributed by atoms with Crippen LogP contribution in [0.2, 0.25) is 0 Å². The molecule has 0 aliphatic carbocycles. The quantitative estimate of drug-likeness (QED) is 0.640. The van der Waals surface area contributed by atoms with Gasteiger partial charge in [0.15, 0.2) is 0 Å². The van der Waals surface area contributed by atoms with Gasteiger partial charge in [0.2, 0.25) is 10.0 Å². The number of rotatable bonds is 8. The molecule has 0 aromatic heterocycles. The molecule has 0 radical (unpaired) electrons. The SMILES string of the molecule is CC(C)CN(CCN(C)C)S(=O)(=O)CC(N)=S. The van der Waals surface area contributed by atoms with E-state index in [2.05, 4.69) is 12.2 Å². The van der Waals surface area contributed by atoms with Crippen molar-refractivity contribution in [2.45, 2.75) is 13.8 Å². The number of hydrogen-bond donors (Lipinski definition) is 1. The van der Waals surface area contributed by atoms with Crippen LogP contribution in [0, 0.1) is 5.92 Å². The molecule has 0 rings (SSSR count). The van der Waals surface area contributed by atoms with Crippen molar-refractivity contribution >= 4 is 27.2 Å². The highest BCUT2D eigenvalue weighted by Crippen LogP contribution is 2.06. The first kappa shape index (κ1) is 16.8. The number of thiocarbonyl (C=S) groups is 1. The minimum absolute atomic E-state index is 0.0172. The molecule has 0 fully saturated rings. The fourth-order valence-electron chi connectivity index (χ4n) is 1.33. The Labute approximate surface area is 110 Å². The fraction of sp³-hybridized carbons (Fsp3) is 0.900. The zero-order chi connectivity index (χ0) is 13.6. The Morgan fingerprint density at radius 3 is 2.18 bits per heavy atom. The lowest BCUT2D eigenvalue weighted by atomic mass is 10.2. The molecule has 2 N–H and O–H groups in total. The molecule has 0 unspecified atom stereocenters. The number of likely N-dealkylation sites (N-methyl/N-ethyl adjacent to an activating group) is 1. The van der Waals surface area contributed by atoms with Gasteiger partial charge in [0.25, 0.3) is 0 Å². The number of sulfonamides is 1. The lowest BCUT2D eigenvalue weighted by Gasteiger charge is -2.25. The summed E-state index contributed by atoms with van der Waals surface area (Å²) in [6.45, 7) is 5.62. The Morgan fingerprint density at radius 1 is 1.29 bits per heavy atom. The molecular weight excluding hydrogens is 258 g/mol. The van der Waals surface area contributed by atoms with Crippen LogP contribution in [0.15, 0.2) is 0 Å². The van der Waals surface area contributed by atoms with E-state index in [4.69, 9.17) is 5.73 Å². The van der Waals surface area contributed by atoms with Crippen molar-refractivity contribution in [2.75, 3.05) is 39.5 Å². The van der Waals surface area contributed by atoms with Crippen molar-refractivity contribution in [1.82, 2.24) is 9.21 Å². The van der Waals surface area contributed by atoms with E-state index in [1.165, 1.54) is 4.31 Å². The number of nitrogens with two attached hydrogens (primary N) is 1. The van der Waals surface area contributed by atoms with Gasteiger partial charge < -0.3 is 10.6 Å². The molecule has 0 aromatic rings. The second kappa shape index (κ2) is 7.25. The maximum absolute atomic E-state index is 12.0. The molecule has 0 aliphatic rings. The molecule has 0 aliphatic heterocycles. The van der Waals surface area contributed by atoms with E-state index >= 15 is 0 Å². The molecular formula is C10H23N3O2S2. The largest absolute Gasteiger partial charge is 0.392 e. The second-order valence-electron chi connectivity index (χ2n) is 4.78. The average molecular weight is 281 g/mol. The Kier molecular flexibility index (Phi) is 7.15. The molecule has 5 nitrogen and oxygen atoms in total. The van der Waals surface area contributed by atoms with E-state index in [0.29, 0.717) is 19.6 Å². The molecule has 17 heavy (non-hydrogen) atoms. The number of nitrogens with zero attached hydrogens (tertiary/aromatic N) is 2. The van der Waals surface area contributed by atoms with Crippen molar-refractivity contribution < 1.29 is 8.42 Å². The molecule has 0 saturated carbocycles. The van der Waals surface area contributed by atoms with Gasteiger partial charge in [-0.3, -0.25) is 0 Å². The highest BCUT2D eigenvalue weighted by molar-refractivity contribution is 7.92. The van der Waals surface area contributed by atoms with Gasteiger partial charge in [-0.05, 0) is 20.0 Å². The van der Waals surface area contributed by atoms with Gasteiger partial charge in [-0.1, -0.05) is 26.1 Å². The minimum Gasteiger partial charge on any atom is -0.392 e. The molecule has 0 saturated heterocycles.